The summed E-state index contributed by atoms with van der Waals surface area (Å²) < 4.78 is 21.2. The van der Waals surface area contributed by atoms with E-state index in [2.05, 4.69) is 21.0 Å². The Bertz CT molecular complexity index is 1690. The molecule has 8 rings (SSSR count). The van der Waals surface area contributed by atoms with Crippen molar-refractivity contribution >= 4 is 27.6 Å². The van der Waals surface area contributed by atoms with Crippen molar-refractivity contribution in [3.8, 4) is 29.6 Å². The van der Waals surface area contributed by atoms with Gasteiger partial charge >= 0.3 is 6.01 Å². The van der Waals surface area contributed by atoms with Crippen LogP contribution in [-0.2, 0) is 0 Å². The fourth-order valence-corrected chi connectivity index (χ4v) is 7.77. The van der Waals surface area contributed by atoms with Gasteiger partial charge in [0.1, 0.15) is 18.2 Å². The summed E-state index contributed by atoms with van der Waals surface area (Å²) >= 11 is 0. The summed E-state index contributed by atoms with van der Waals surface area (Å²) in [5.74, 6) is 3.03. The summed E-state index contributed by atoms with van der Waals surface area (Å²) in [5, 5.41) is 6.18. The van der Waals surface area contributed by atoms with Crippen LogP contribution in [0.4, 0.5) is 10.2 Å². The third-order valence-corrected chi connectivity index (χ3v) is 9.73. The number of ether oxygens (including phenoxy) is 1. The number of fused-ring (bicyclic) bond motifs is 5. The lowest BCUT2D eigenvalue weighted by molar-refractivity contribution is 0.108. The maximum absolute atomic E-state index is 14.7. The van der Waals surface area contributed by atoms with Crippen LogP contribution in [0.25, 0.3) is 33.1 Å². The molecule has 8 heteroatoms. The van der Waals surface area contributed by atoms with E-state index in [1.54, 1.807) is 6.07 Å². The lowest BCUT2D eigenvalue weighted by Crippen LogP contribution is -2.51. The summed E-state index contributed by atoms with van der Waals surface area (Å²) in [7, 11) is 0. The number of hydrogen-bond acceptors (Lipinski definition) is 7. The van der Waals surface area contributed by atoms with Gasteiger partial charge in [0.15, 0.2) is 5.65 Å². The third-order valence-electron chi connectivity index (χ3n) is 9.73. The summed E-state index contributed by atoms with van der Waals surface area (Å²) in [6.45, 7) is 4.68. The molecule has 0 radical (unpaired) electrons. The molecule has 2 aromatic carbocycles. The van der Waals surface area contributed by atoms with Crippen molar-refractivity contribution in [1.29, 1.82) is 0 Å². The van der Waals surface area contributed by atoms with Crippen LogP contribution in [0.1, 0.15) is 44.1 Å². The average molecular weight is 549 g/mol. The van der Waals surface area contributed by atoms with Gasteiger partial charge in [-0.25, -0.2) is 9.37 Å². The highest BCUT2D eigenvalue weighted by Gasteiger charge is 2.45. The molecule has 41 heavy (non-hydrogen) atoms. The van der Waals surface area contributed by atoms with E-state index in [4.69, 9.17) is 26.1 Å². The van der Waals surface area contributed by atoms with Crippen molar-refractivity contribution in [2.24, 2.45) is 0 Å². The molecule has 4 fully saturated rings. The number of halogens is 1. The van der Waals surface area contributed by atoms with Gasteiger partial charge in [-0.3, -0.25) is 4.90 Å². The van der Waals surface area contributed by atoms with Crippen LogP contribution in [0.5, 0.6) is 6.01 Å². The molecule has 1 N–H and O–H groups in total. The van der Waals surface area contributed by atoms with Crippen LogP contribution >= 0.6 is 0 Å². The van der Waals surface area contributed by atoms with E-state index < -0.39 is 5.82 Å². The number of nitrogens with zero attached hydrogens (tertiary/aromatic N) is 5. The van der Waals surface area contributed by atoms with E-state index in [-0.39, 0.29) is 11.1 Å². The quantitative estimate of drug-likeness (QED) is 0.356. The van der Waals surface area contributed by atoms with Gasteiger partial charge in [-0.15, -0.1) is 6.42 Å². The van der Waals surface area contributed by atoms with Gasteiger partial charge in [0, 0.05) is 36.1 Å². The van der Waals surface area contributed by atoms with Gasteiger partial charge in [0.05, 0.1) is 22.2 Å². The largest absolute Gasteiger partial charge is 0.461 e. The maximum Gasteiger partial charge on any atom is 0.320 e. The number of benzene rings is 2. The summed E-state index contributed by atoms with van der Waals surface area (Å²) in [5.41, 5.74) is 2.40. The Kier molecular flexibility index (Phi) is 5.87. The summed E-state index contributed by atoms with van der Waals surface area (Å²) in [6.07, 6.45) is 12.9. The number of anilines is 1. The van der Waals surface area contributed by atoms with Crippen LogP contribution in [0, 0.1) is 18.2 Å². The predicted molar refractivity (Wildman–Crippen MR) is 159 cm³/mol. The molecule has 2 atom stereocenters. The van der Waals surface area contributed by atoms with Crippen molar-refractivity contribution in [2.45, 2.75) is 56.1 Å². The monoisotopic (exact) mass is 548 g/mol. The number of nitrogens with one attached hydrogen (secondary N) is 1. The van der Waals surface area contributed by atoms with E-state index in [0.717, 1.165) is 61.2 Å². The number of rotatable bonds is 5. The van der Waals surface area contributed by atoms with Crippen LogP contribution < -0.4 is 15.0 Å². The molecule has 0 aliphatic carbocycles. The lowest BCUT2D eigenvalue weighted by Gasteiger charge is -2.34. The molecule has 208 valence electrons. The average Bonchev–Trinajstić information content (AvgIpc) is 3.68. The molecule has 4 aliphatic rings. The van der Waals surface area contributed by atoms with Gasteiger partial charge in [-0.1, -0.05) is 30.2 Å². The zero-order chi connectivity index (χ0) is 27.6. The molecule has 0 saturated carbocycles. The SMILES string of the molecule is C#Cc1c(F)ccc2cccc(-c3ccc4c(N5CC6CCC(C5)N6)nc(OCC56CCCN5CCC6)nc4n3)c12. The lowest BCUT2D eigenvalue weighted by atomic mass is 9.95. The number of hydrogen-bond donors (Lipinski definition) is 1. The molecule has 4 aliphatic heterocycles. The Hall–Kier alpha value is -3.80. The maximum atomic E-state index is 14.7. The first-order chi connectivity index (χ1) is 20.1. The molecule has 0 spiro atoms. The second-order valence-corrected chi connectivity index (χ2v) is 12.1. The van der Waals surface area contributed by atoms with Crippen LogP contribution in [0.15, 0.2) is 42.5 Å². The Morgan fingerprint density at radius 1 is 1.00 bits per heavy atom. The van der Waals surface area contributed by atoms with E-state index in [1.165, 1.54) is 31.7 Å². The first kappa shape index (κ1) is 25.0. The minimum Gasteiger partial charge on any atom is -0.461 e. The first-order valence-corrected chi connectivity index (χ1v) is 14.9. The van der Waals surface area contributed by atoms with E-state index in [0.29, 0.717) is 41.4 Å². The highest BCUT2D eigenvalue weighted by molar-refractivity contribution is 6.01. The van der Waals surface area contributed by atoms with Crippen molar-refractivity contribution in [3.63, 3.8) is 0 Å². The Balaban J connectivity index is 1.24. The fraction of sp³-hybridized carbons (Fsp3) is 0.424. The molecule has 2 unspecified atom stereocenters. The zero-order valence-corrected chi connectivity index (χ0v) is 23.1. The number of piperazine rings is 1. The van der Waals surface area contributed by atoms with E-state index >= 15 is 0 Å². The second kappa shape index (κ2) is 9.64. The van der Waals surface area contributed by atoms with Crippen molar-refractivity contribution in [2.75, 3.05) is 37.7 Å². The number of pyridine rings is 1. The number of terminal acetylenes is 1. The molecule has 2 aromatic heterocycles. The molecule has 7 nitrogen and oxygen atoms in total. The molecule has 0 amide bonds. The normalized spacial score (nSPS) is 23.3. The topological polar surface area (TPSA) is 66.4 Å². The van der Waals surface area contributed by atoms with Crippen molar-refractivity contribution in [1.82, 2.24) is 25.2 Å². The second-order valence-electron chi connectivity index (χ2n) is 12.1. The zero-order valence-electron chi connectivity index (χ0n) is 23.1. The minimum atomic E-state index is -0.408. The smallest absolute Gasteiger partial charge is 0.320 e. The molecule has 4 saturated heterocycles. The Morgan fingerprint density at radius 2 is 1.80 bits per heavy atom. The highest BCUT2D eigenvalue weighted by Crippen LogP contribution is 2.40. The van der Waals surface area contributed by atoms with Gasteiger partial charge in [-0.2, -0.15) is 9.97 Å². The third kappa shape index (κ3) is 4.13. The fourth-order valence-electron chi connectivity index (χ4n) is 7.77. The van der Waals surface area contributed by atoms with Crippen LogP contribution in [0.3, 0.4) is 0 Å². The van der Waals surface area contributed by atoms with Gasteiger partial charge in [0.25, 0.3) is 0 Å². The highest BCUT2D eigenvalue weighted by atomic mass is 19.1. The molecular weight excluding hydrogens is 515 g/mol. The van der Waals surface area contributed by atoms with Crippen LogP contribution in [0.2, 0.25) is 0 Å². The minimum absolute atomic E-state index is 0.0978. The first-order valence-electron chi connectivity index (χ1n) is 14.9. The van der Waals surface area contributed by atoms with Crippen molar-refractivity contribution < 1.29 is 9.13 Å². The van der Waals surface area contributed by atoms with Gasteiger partial charge < -0.3 is 15.0 Å². The van der Waals surface area contributed by atoms with Gasteiger partial charge in [-0.05, 0) is 75.2 Å². The van der Waals surface area contributed by atoms with Gasteiger partial charge in [0.2, 0.25) is 0 Å². The van der Waals surface area contributed by atoms with E-state index in [1.807, 2.05) is 30.3 Å². The molecule has 6 heterocycles. The Morgan fingerprint density at radius 3 is 2.59 bits per heavy atom. The summed E-state index contributed by atoms with van der Waals surface area (Å²) in [4.78, 5) is 19.9. The molecule has 4 aromatic rings. The van der Waals surface area contributed by atoms with Crippen LogP contribution in [-0.4, -0.2) is 70.3 Å². The molecule has 2 bridgehead atoms. The predicted octanol–water partition coefficient (Wildman–Crippen LogP) is 4.91. The number of aromatic nitrogens is 3. The van der Waals surface area contributed by atoms with E-state index in [9.17, 15) is 4.39 Å². The standard InChI is InChI=1S/C33H33FN6O/c1-2-24-27(34)12-8-21-6-3-7-25(29(21)24)28-13-11-26-30(36-28)37-32(41-20-33-14-4-16-40(33)17-5-15-33)38-31(26)39-18-22-9-10-23(19-39)35-22/h1,3,6-8,11-13,22-23,35H,4-5,9-10,14-20H2. The Labute approximate surface area is 239 Å². The summed E-state index contributed by atoms with van der Waals surface area (Å²) in [6, 6.07) is 14.3. The van der Waals surface area contributed by atoms with Crippen molar-refractivity contribution in [3.05, 3.63) is 53.8 Å². The molecular formula is C33H33FN6O.